The maximum Gasteiger partial charge on any atom is 0.0661 e. The third-order valence-corrected chi connectivity index (χ3v) is 3.71. The van der Waals surface area contributed by atoms with E-state index in [1.54, 1.807) is 0 Å². The van der Waals surface area contributed by atoms with E-state index in [0.717, 1.165) is 30.0 Å². The van der Waals surface area contributed by atoms with E-state index in [0.29, 0.717) is 0 Å². The molecule has 2 N–H and O–H groups in total. The minimum atomic E-state index is -0.155. The molecule has 15 heavy (non-hydrogen) atoms. The summed E-state index contributed by atoms with van der Waals surface area (Å²) < 4.78 is 0. The van der Waals surface area contributed by atoms with Crippen LogP contribution < -0.4 is 5.32 Å². The van der Waals surface area contributed by atoms with Crippen molar-refractivity contribution >= 4 is 17.3 Å². The van der Waals surface area contributed by atoms with Crippen LogP contribution in [0.5, 0.6) is 0 Å². The van der Waals surface area contributed by atoms with E-state index in [9.17, 15) is 5.11 Å². The normalized spacial score (nSPS) is 24.5. The van der Waals surface area contributed by atoms with Gasteiger partial charge in [-0.2, -0.15) is 0 Å². The highest BCUT2D eigenvalue weighted by molar-refractivity contribution is 6.31. The molecule has 2 rings (SSSR count). The highest BCUT2D eigenvalue weighted by atomic mass is 35.5. The molecule has 0 aliphatic carbocycles. The van der Waals surface area contributed by atoms with E-state index < -0.39 is 0 Å². The fraction of sp³-hybridized carbons (Fsp3) is 0.500. The van der Waals surface area contributed by atoms with Gasteiger partial charge >= 0.3 is 0 Å². The Morgan fingerprint density at radius 2 is 2.33 bits per heavy atom. The number of aliphatic hydroxyl groups is 1. The molecule has 0 fully saturated rings. The lowest BCUT2D eigenvalue weighted by molar-refractivity contribution is 0.195. The Hall–Kier alpha value is -0.730. The predicted octanol–water partition coefficient (Wildman–Crippen LogP) is 2.84. The average molecular weight is 226 g/mol. The molecule has 1 heterocycles. The number of halogens is 1. The Kier molecular flexibility index (Phi) is 2.89. The van der Waals surface area contributed by atoms with Crippen LogP contribution in [0.2, 0.25) is 5.02 Å². The Balaban J connectivity index is 2.34. The molecular formula is C12H16ClNO. The number of fused-ring (bicyclic) bond motifs is 1. The van der Waals surface area contributed by atoms with Crippen molar-refractivity contribution in [2.24, 2.45) is 0 Å². The molecule has 0 saturated carbocycles. The summed E-state index contributed by atoms with van der Waals surface area (Å²) in [6.07, 6.45) is 2.81. The summed E-state index contributed by atoms with van der Waals surface area (Å²) in [5.74, 6) is 0. The summed E-state index contributed by atoms with van der Waals surface area (Å²) in [5, 5.41) is 13.7. The van der Waals surface area contributed by atoms with E-state index >= 15 is 0 Å². The Labute approximate surface area is 95.3 Å². The van der Waals surface area contributed by atoms with E-state index in [1.165, 1.54) is 5.56 Å². The molecule has 3 heteroatoms. The van der Waals surface area contributed by atoms with Gasteiger partial charge in [0.2, 0.25) is 0 Å². The second kappa shape index (κ2) is 4.03. The first-order valence-corrected chi connectivity index (χ1v) is 5.75. The van der Waals surface area contributed by atoms with Gasteiger partial charge in [0.1, 0.15) is 0 Å². The lowest BCUT2D eigenvalue weighted by atomic mass is 9.85. The quantitative estimate of drug-likeness (QED) is 0.811. The first kappa shape index (κ1) is 10.8. The van der Waals surface area contributed by atoms with Crippen molar-refractivity contribution in [3.8, 4) is 0 Å². The molecule has 1 atom stereocenters. The smallest absolute Gasteiger partial charge is 0.0661 e. The standard InChI is InChI=1S/C12H16ClNO/c1-2-12(8-15)7-6-9-10(13)4-3-5-11(9)14-12/h3-5,14-15H,2,6-8H2,1H3. The number of hydrogen-bond donors (Lipinski definition) is 2. The highest BCUT2D eigenvalue weighted by Gasteiger charge is 2.31. The summed E-state index contributed by atoms with van der Waals surface area (Å²) in [6, 6.07) is 5.89. The van der Waals surface area contributed by atoms with Gasteiger partial charge in [0.25, 0.3) is 0 Å². The fourth-order valence-corrected chi connectivity index (χ4v) is 2.41. The van der Waals surface area contributed by atoms with Crippen molar-refractivity contribution in [1.82, 2.24) is 0 Å². The monoisotopic (exact) mass is 225 g/mol. The molecular weight excluding hydrogens is 210 g/mol. The number of hydrogen-bond acceptors (Lipinski definition) is 2. The van der Waals surface area contributed by atoms with Crippen LogP contribution in [-0.2, 0) is 6.42 Å². The van der Waals surface area contributed by atoms with Crippen molar-refractivity contribution in [3.63, 3.8) is 0 Å². The Bertz CT molecular complexity index is 361. The second-order valence-electron chi connectivity index (χ2n) is 4.18. The van der Waals surface area contributed by atoms with Crippen LogP contribution in [-0.4, -0.2) is 17.3 Å². The van der Waals surface area contributed by atoms with Gasteiger partial charge in [-0.05, 0) is 37.0 Å². The number of aliphatic hydroxyl groups excluding tert-OH is 1. The SMILES string of the molecule is CCC1(CO)CCc2c(Cl)cccc2N1. The average Bonchev–Trinajstić information content (AvgIpc) is 2.29. The van der Waals surface area contributed by atoms with Crippen molar-refractivity contribution < 1.29 is 5.11 Å². The summed E-state index contributed by atoms with van der Waals surface area (Å²) in [4.78, 5) is 0. The lowest BCUT2D eigenvalue weighted by Gasteiger charge is -2.38. The van der Waals surface area contributed by atoms with Crippen LogP contribution in [0.1, 0.15) is 25.3 Å². The summed E-state index contributed by atoms with van der Waals surface area (Å²) in [6.45, 7) is 2.27. The van der Waals surface area contributed by atoms with Gasteiger partial charge in [-0.1, -0.05) is 24.6 Å². The number of anilines is 1. The fourth-order valence-electron chi connectivity index (χ4n) is 2.14. The Morgan fingerprint density at radius 1 is 1.53 bits per heavy atom. The van der Waals surface area contributed by atoms with Gasteiger partial charge in [0.05, 0.1) is 12.1 Å². The van der Waals surface area contributed by atoms with Crippen molar-refractivity contribution in [2.45, 2.75) is 31.7 Å². The second-order valence-corrected chi connectivity index (χ2v) is 4.59. The number of nitrogens with one attached hydrogen (secondary N) is 1. The number of benzene rings is 1. The van der Waals surface area contributed by atoms with Gasteiger partial charge in [0, 0.05) is 10.7 Å². The zero-order valence-electron chi connectivity index (χ0n) is 8.89. The minimum absolute atomic E-state index is 0.155. The third-order valence-electron chi connectivity index (χ3n) is 3.35. The molecule has 0 amide bonds. The maximum atomic E-state index is 9.44. The van der Waals surface area contributed by atoms with Gasteiger partial charge in [-0.15, -0.1) is 0 Å². The van der Waals surface area contributed by atoms with E-state index in [4.69, 9.17) is 11.6 Å². The van der Waals surface area contributed by atoms with Crippen LogP contribution in [0.4, 0.5) is 5.69 Å². The summed E-state index contributed by atoms with van der Waals surface area (Å²) in [5.41, 5.74) is 2.10. The van der Waals surface area contributed by atoms with Crippen LogP contribution >= 0.6 is 11.6 Å². The zero-order valence-corrected chi connectivity index (χ0v) is 9.64. The third kappa shape index (κ3) is 1.84. The van der Waals surface area contributed by atoms with Crippen LogP contribution in [0.25, 0.3) is 0 Å². The largest absolute Gasteiger partial charge is 0.394 e. The summed E-state index contributed by atoms with van der Waals surface area (Å²) >= 11 is 6.12. The molecule has 0 radical (unpaired) electrons. The molecule has 0 spiro atoms. The maximum absolute atomic E-state index is 9.44. The molecule has 0 aromatic heterocycles. The predicted molar refractivity (Wildman–Crippen MR) is 63.5 cm³/mol. The van der Waals surface area contributed by atoms with Crippen molar-refractivity contribution in [3.05, 3.63) is 28.8 Å². The molecule has 1 aliphatic rings. The van der Waals surface area contributed by atoms with Crippen LogP contribution in [0.15, 0.2) is 18.2 Å². The lowest BCUT2D eigenvalue weighted by Crippen LogP contribution is -2.44. The minimum Gasteiger partial charge on any atom is -0.394 e. The first-order valence-electron chi connectivity index (χ1n) is 5.37. The first-order chi connectivity index (χ1) is 7.21. The van der Waals surface area contributed by atoms with E-state index in [-0.39, 0.29) is 12.1 Å². The van der Waals surface area contributed by atoms with Crippen molar-refractivity contribution in [1.29, 1.82) is 0 Å². The highest BCUT2D eigenvalue weighted by Crippen LogP contribution is 2.36. The van der Waals surface area contributed by atoms with E-state index in [1.807, 2.05) is 18.2 Å². The molecule has 1 aromatic carbocycles. The van der Waals surface area contributed by atoms with Gasteiger partial charge in [-0.25, -0.2) is 0 Å². The van der Waals surface area contributed by atoms with Gasteiger partial charge in [0.15, 0.2) is 0 Å². The molecule has 1 unspecified atom stereocenters. The summed E-state index contributed by atoms with van der Waals surface area (Å²) in [7, 11) is 0. The molecule has 1 aliphatic heterocycles. The van der Waals surface area contributed by atoms with Crippen LogP contribution in [0, 0.1) is 0 Å². The topological polar surface area (TPSA) is 32.3 Å². The Morgan fingerprint density at radius 3 is 3.00 bits per heavy atom. The van der Waals surface area contributed by atoms with Gasteiger partial charge in [-0.3, -0.25) is 0 Å². The zero-order chi connectivity index (χ0) is 10.9. The number of rotatable bonds is 2. The molecule has 82 valence electrons. The van der Waals surface area contributed by atoms with Crippen molar-refractivity contribution in [2.75, 3.05) is 11.9 Å². The molecule has 1 aromatic rings. The molecule has 0 bridgehead atoms. The van der Waals surface area contributed by atoms with Gasteiger partial charge < -0.3 is 10.4 Å². The molecule has 0 saturated heterocycles. The molecule has 2 nitrogen and oxygen atoms in total. The van der Waals surface area contributed by atoms with E-state index in [2.05, 4.69) is 12.2 Å². The van der Waals surface area contributed by atoms with Crippen LogP contribution in [0.3, 0.4) is 0 Å².